The van der Waals surface area contributed by atoms with Gasteiger partial charge in [0.1, 0.15) is 17.2 Å². The fourth-order valence-corrected chi connectivity index (χ4v) is 2.77. The summed E-state index contributed by atoms with van der Waals surface area (Å²) in [5, 5.41) is 19.7. The zero-order valence-electron chi connectivity index (χ0n) is 13.2. The monoisotopic (exact) mass is 340 g/mol. The van der Waals surface area contributed by atoms with Gasteiger partial charge < -0.3 is 15.1 Å². The first-order valence-electron chi connectivity index (χ1n) is 7.31. The fraction of sp³-hybridized carbons (Fsp3) is 0.111. The second-order valence-corrected chi connectivity index (χ2v) is 5.96. The summed E-state index contributed by atoms with van der Waals surface area (Å²) in [6, 6.07) is 11.7. The molecular weight excluding hydrogens is 324 g/mol. The number of amides is 1. The van der Waals surface area contributed by atoms with Crippen LogP contribution in [0.25, 0.3) is 6.08 Å². The summed E-state index contributed by atoms with van der Waals surface area (Å²) in [4.78, 5) is 15.8. The van der Waals surface area contributed by atoms with E-state index in [4.69, 9.17) is 12.2 Å². The Labute approximate surface area is 145 Å². The molecule has 1 heterocycles. The van der Waals surface area contributed by atoms with Crippen LogP contribution in [-0.2, 0) is 4.79 Å². The summed E-state index contributed by atoms with van der Waals surface area (Å²) < 4.78 is 0. The van der Waals surface area contributed by atoms with Crippen LogP contribution in [0.2, 0.25) is 0 Å². The lowest BCUT2D eigenvalue weighted by Gasteiger charge is -2.16. The number of carbonyl (C=O) groups is 1. The van der Waals surface area contributed by atoms with Crippen molar-refractivity contribution in [3.05, 3.63) is 59.3 Å². The molecule has 0 radical (unpaired) electrons. The summed E-state index contributed by atoms with van der Waals surface area (Å²) in [5.74, 6) is -0.417. The number of thiocarbonyl (C=S) groups is 1. The summed E-state index contributed by atoms with van der Waals surface area (Å²) in [5.41, 5.74) is 2.56. The predicted octanol–water partition coefficient (Wildman–Crippen LogP) is 3.01. The van der Waals surface area contributed by atoms with Gasteiger partial charge in [-0.05, 0) is 49.5 Å². The third-order valence-electron chi connectivity index (χ3n) is 3.86. The highest BCUT2D eigenvalue weighted by molar-refractivity contribution is 7.80. The summed E-state index contributed by atoms with van der Waals surface area (Å²) in [6.07, 6.45) is 1.55. The van der Waals surface area contributed by atoms with E-state index in [9.17, 15) is 15.0 Å². The van der Waals surface area contributed by atoms with Crippen molar-refractivity contribution >= 4 is 35.0 Å². The number of aromatic hydroxyl groups is 2. The molecule has 0 aromatic heterocycles. The SMILES string of the molecule is Cc1ccc(N2C(=O)/C(=C/c3ccc(O)cc3O)N(C)C2=S)cc1. The van der Waals surface area contributed by atoms with Crippen molar-refractivity contribution in [3.8, 4) is 11.5 Å². The van der Waals surface area contributed by atoms with Crippen molar-refractivity contribution < 1.29 is 15.0 Å². The highest BCUT2D eigenvalue weighted by Crippen LogP contribution is 2.30. The van der Waals surface area contributed by atoms with Gasteiger partial charge in [-0.3, -0.25) is 9.69 Å². The van der Waals surface area contributed by atoms with Gasteiger partial charge in [-0.1, -0.05) is 17.7 Å². The molecule has 1 saturated heterocycles. The lowest BCUT2D eigenvalue weighted by Crippen LogP contribution is -2.31. The minimum Gasteiger partial charge on any atom is -0.508 e. The molecule has 0 bridgehead atoms. The Morgan fingerprint density at radius 3 is 2.38 bits per heavy atom. The molecule has 6 heteroatoms. The van der Waals surface area contributed by atoms with Crippen LogP contribution >= 0.6 is 12.2 Å². The van der Waals surface area contributed by atoms with Crippen LogP contribution in [0.1, 0.15) is 11.1 Å². The Kier molecular flexibility index (Phi) is 3.99. The number of aryl methyl sites for hydroxylation is 1. The Morgan fingerprint density at radius 1 is 1.08 bits per heavy atom. The summed E-state index contributed by atoms with van der Waals surface area (Å²) in [7, 11) is 1.71. The topological polar surface area (TPSA) is 64.0 Å². The Bertz CT molecular complexity index is 859. The van der Waals surface area contributed by atoms with E-state index in [0.717, 1.165) is 5.56 Å². The van der Waals surface area contributed by atoms with Crippen LogP contribution in [0.4, 0.5) is 5.69 Å². The average Bonchev–Trinajstić information content (AvgIpc) is 2.74. The maximum Gasteiger partial charge on any atom is 0.281 e. The number of nitrogens with zero attached hydrogens (tertiary/aromatic N) is 2. The van der Waals surface area contributed by atoms with Crippen molar-refractivity contribution in [1.82, 2.24) is 4.90 Å². The Hall–Kier alpha value is -2.86. The molecule has 2 aromatic rings. The molecular formula is C18H16N2O3S. The second-order valence-electron chi connectivity index (χ2n) is 5.59. The molecule has 1 fully saturated rings. The van der Waals surface area contributed by atoms with E-state index < -0.39 is 0 Å². The van der Waals surface area contributed by atoms with Gasteiger partial charge in [0, 0.05) is 18.7 Å². The standard InChI is InChI=1S/C18H16N2O3S/c1-11-3-6-13(7-4-11)20-17(23)15(19(2)18(20)24)9-12-5-8-14(21)10-16(12)22/h3-10,21-22H,1-2H3/b15-9-. The quantitative estimate of drug-likeness (QED) is 0.650. The smallest absolute Gasteiger partial charge is 0.281 e. The first-order chi connectivity index (χ1) is 11.4. The second kappa shape index (κ2) is 5.98. The largest absolute Gasteiger partial charge is 0.508 e. The molecule has 2 aromatic carbocycles. The van der Waals surface area contributed by atoms with Gasteiger partial charge in [-0.25, -0.2) is 0 Å². The van der Waals surface area contributed by atoms with Crippen LogP contribution in [0.5, 0.6) is 11.5 Å². The van der Waals surface area contributed by atoms with E-state index >= 15 is 0 Å². The molecule has 122 valence electrons. The zero-order chi connectivity index (χ0) is 17.4. The number of phenolic OH excluding ortho intramolecular Hbond substituents is 2. The minimum atomic E-state index is -0.265. The lowest BCUT2D eigenvalue weighted by molar-refractivity contribution is -0.114. The summed E-state index contributed by atoms with van der Waals surface area (Å²) in [6.45, 7) is 1.97. The van der Waals surface area contributed by atoms with Crippen LogP contribution in [-0.4, -0.2) is 33.2 Å². The first-order valence-corrected chi connectivity index (χ1v) is 7.72. The van der Waals surface area contributed by atoms with E-state index in [1.165, 1.54) is 23.1 Å². The highest BCUT2D eigenvalue weighted by Gasteiger charge is 2.36. The number of likely N-dealkylation sites (N-methyl/N-ethyl adjacent to an activating group) is 1. The Morgan fingerprint density at radius 2 is 1.75 bits per heavy atom. The third kappa shape index (κ3) is 2.72. The number of carbonyl (C=O) groups excluding carboxylic acids is 1. The van der Waals surface area contributed by atoms with Crippen molar-refractivity contribution in [2.75, 3.05) is 11.9 Å². The highest BCUT2D eigenvalue weighted by atomic mass is 32.1. The number of hydrogen-bond donors (Lipinski definition) is 2. The Balaban J connectivity index is 2.01. The van der Waals surface area contributed by atoms with Crippen molar-refractivity contribution in [3.63, 3.8) is 0 Å². The van der Waals surface area contributed by atoms with E-state index in [1.54, 1.807) is 18.0 Å². The maximum atomic E-state index is 12.8. The molecule has 0 atom stereocenters. The summed E-state index contributed by atoms with van der Waals surface area (Å²) >= 11 is 5.39. The number of hydrogen-bond acceptors (Lipinski definition) is 4. The van der Waals surface area contributed by atoms with Gasteiger partial charge in [0.2, 0.25) is 0 Å². The number of rotatable bonds is 2. The van der Waals surface area contributed by atoms with E-state index in [0.29, 0.717) is 22.1 Å². The molecule has 1 aliphatic rings. The van der Waals surface area contributed by atoms with E-state index in [-0.39, 0.29) is 17.4 Å². The maximum absolute atomic E-state index is 12.8. The molecule has 5 nitrogen and oxygen atoms in total. The molecule has 1 amide bonds. The van der Waals surface area contributed by atoms with Crippen LogP contribution in [0.15, 0.2) is 48.2 Å². The number of phenols is 2. The molecule has 24 heavy (non-hydrogen) atoms. The average molecular weight is 340 g/mol. The lowest BCUT2D eigenvalue weighted by atomic mass is 10.1. The van der Waals surface area contributed by atoms with Crippen LogP contribution in [0, 0.1) is 6.92 Å². The van der Waals surface area contributed by atoms with Gasteiger partial charge in [-0.2, -0.15) is 0 Å². The van der Waals surface area contributed by atoms with Crippen molar-refractivity contribution in [2.24, 2.45) is 0 Å². The molecule has 3 rings (SSSR count). The van der Waals surface area contributed by atoms with Gasteiger partial charge in [0.25, 0.3) is 5.91 Å². The van der Waals surface area contributed by atoms with Crippen LogP contribution in [0.3, 0.4) is 0 Å². The minimum absolute atomic E-state index is 0.0439. The van der Waals surface area contributed by atoms with E-state index in [1.807, 2.05) is 31.2 Å². The number of benzene rings is 2. The molecule has 0 unspecified atom stereocenters. The molecule has 1 aliphatic heterocycles. The molecule has 0 aliphatic carbocycles. The third-order valence-corrected chi connectivity index (χ3v) is 4.32. The van der Waals surface area contributed by atoms with Crippen LogP contribution < -0.4 is 4.90 Å². The van der Waals surface area contributed by atoms with Gasteiger partial charge >= 0.3 is 0 Å². The zero-order valence-corrected chi connectivity index (χ0v) is 14.0. The van der Waals surface area contributed by atoms with Crippen molar-refractivity contribution in [2.45, 2.75) is 6.92 Å². The number of anilines is 1. The van der Waals surface area contributed by atoms with Gasteiger partial charge in [-0.15, -0.1) is 0 Å². The normalized spacial score (nSPS) is 16.3. The fourth-order valence-electron chi connectivity index (χ4n) is 2.48. The first kappa shape index (κ1) is 16.0. The molecule has 2 N–H and O–H groups in total. The molecule has 0 spiro atoms. The van der Waals surface area contributed by atoms with E-state index in [2.05, 4.69) is 0 Å². The van der Waals surface area contributed by atoms with Crippen molar-refractivity contribution in [1.29, 1.82) is 0 Å². The van der Waals surface area contributed by atoms with Gasteiger partial charge in [0.15, 0.2) is 5.11 Å². The van der Waals surface area contributed by atoms with Gasteiger partial charge in [0.05, 0.1) is 5.69 Å². The predicted molar refractivity (Wildman–Crippen MR) is 96.8 cm³/mol. The molecule has 0 saturated carbocycles.